The molecule has 134 valence electrons. The zero-order valence-corrected chi connectivity index (χ0v) is 14.1. The monoisotopic (exact) mass is 344 g/mol. The lowest BCUT2D eigenvalue weighted by Gasteiger charge is -2.10. The lowest BCUT2D eigenvalue weighted by Crippen LogP contribution is -2.29. The van der Waals surface area contributed by atoms with Crippen LogP contribution in [0.3, 0.4) is 0 Å². The summed E-state index contributed by atoms with van der Waals surface area (Å²) in [7, 11) is 0. The van der Waals surface area contributed by atoms with E-state index in [-0.39, 0.29) is 12.6 Å². The fourth-order valence-corrected chi connectivity index (χ4v) is 2.12. The van der Waals surface area contributed by atoms with Crippen LogP contribution in [0.25, 0.3) is 0 Å². The predicted molar refractivity (Wildman–Crippen MR) is 96.8 cm³/mol. The van der Waals surface area contributed by atoms with Gasteiger partial charge in [-0.25, -0.2) is 4.79 Å². The molecule has 0 atom stereocenters. The van der Waals surface area contributed by atoms with E-state index in [1.807, 2.05) is 54.6 Å². The van der Waals surface area contributed by atoms with Crippen molar-refractivity contribution in [2.75, 3.05) is 31.7 Å². The van der Waals surface area contributed by atoms with Crippen LogP contribution in [0.1, 0.15) is 12.0 Å². The van der Waals surface area contributed by atoms with Gasteiger partial charge >= 0.3 is 6.03 Å². The van der Waals surface area contributed by atoms with Crippen molar-refractivity contribution in [3.05, 3.63) is 60.2 Å². The fourth-order valence-electron chi connectivity index (χ4n) is 2.12. The van der Waals surface area contributed by atoms with E-state index in [4.69, 9.17) is 14.6 Å². The Labute approximate surface area is 147 Å². The Bertz CT molecular complexity index is 634. The van der Waals surface area contributed by atoms with Crippen molar-refractivity contribution in [1.82, 2.24) is 5.32 Å². The van der Waals surface area contributed by atoms with E-state index in [9.17, 15) is 4.79 Å². The highest BCUT2D eigenvalue weighted by atomic mass is 16.5. The summed E-state index contributed by atoms with van der Waals surface area (Å²) in [5.41, 5.74) is 1.66. The van der Waals surface area contributed by atoms with Gasteiger partial charge < -0.3 is 25.2 Å². The molecule has 0 heterocycles. The molecule has 0 radical (unpaired) electrons. The molecule has 0 saturated carbocycles. The van der Waals surface area contributed by atoms with Crippen molar-refractivity contribution >= 4 is 11.7 Å². The first-order chi connectivity index (χ1) is 12.3. The summed E-state index contributed by atoms with van der Waals surface area (Å²) >= 11 is 0. The van der Waals surface area contributed by atoms with Crippen LogP contribution in [0.15, 0.2) is 54.6 Å². The van der Waals surface area contributed by atoms with Crippen molar-refractivity contribution in [2.45, 2.75) is 13.0 Å². The molecule has 0 aliphatic heterocycles. The number of para-hydroxylation sites is 1. The van der Waals surface area contributed by atoms with E-state index in [0.717, 1.165) is 11.3 Å². The van der Waals surface area contributed by atoms with Crippen LogP contribution < -0.4 is 15.4 Å². The van der Waals surface area contributed by atoms with Crippen molar-refractivity contribution in [3.8, 4) is 5.75 Å². The number of hydrogen-bond acceptors (Lipinski definition) is 4. The van der Waals surface area contributed by atoms with Crippen LogP contribution in [0.5, 0.6) is 5.75 Å². The Morgan fingerprint density at radius 2 is 1.88 bits per heavy atom. The summed E-state index contributed by atoms with van der Waals surface area (Å²) in [6.45, 7) is 1.90. The molecular weight excluding hydrogens is 320 g/mol. The quantitative estimate of drug-likeness (QED) is 0.579. The number of carbonyl (C=O) groups is 1. The van der Waals surface area contributed by atoms with Crippen LogP contribution >= 0.6 is 0 Å². The number of aliphatic hydroxyl groups excluding tert-OH is 1. The molecule has 0 spiro atoms. The van der Waals surface area contributed by atoms with Gasteiger partial charge in [-0.05, 0) is 36.2 Å². The molecule has 0 aliphatic carbocycles. The topological polar surface area (TPSA) is 79.8 Å². The van der Waals surface area contributed by atoms with Gasteiger partial charge in [-0.1, -0.05) is 30.3 Å². The second kappa shape index (κ2) is 11.1. The zero-order chi connectivity index (χ0) is 17.7. The van der Waals surface area contributed by atoms with Gasteiger partial charge in [0, 0.05) is 18.8 Å². The number of hydrogen-bond donors (Lipinski definition) is 3. The Morgan fingerprint density at radius 1 is 1.04 bits per heavy atom. The molecule has 3 N–H and O–H groups in total. The molecule has 2 rings (SSSR count). The highest BCUT2D eigenvalue weighted by molar-refractivity contribution is 5.89. The molecule has 6 heteroatoms. The maximum absolute atomic E-state index is 11.7. The minimum atomic E-state index is -0.289. The molecule has 25 heavy (non-hydrogen) atoms. The summed E-state index contributed by atoms with van der Waals surface area (Å²) in [4.78, 5) is 11.7. The number of rotatable bonds is 10. The molecule has 0 aliphatic rings. The molecule has 0 saturated heterocycles. The van der Waals surface area contributed by atoms with Gasteiger partial charge in [0.15, 0.2) is 0 Å². The summed E-state index contributed by atoms with van der Waals surface area (Å²) in [6, 6.07) is 16.8. The lowest BCUT2D eigenvalue weighted by molar-refractivity contribution is 0.0889. The smallest absolute Gasteiger partial charge is 0.319 e. The van der Waals surface area contributed by atoms with Gasteiger partial charge in [-0.3, -0.25) is 0 Å². The Morgan fingerprint density at radius 3 is 2.68 bits per heavy atom. The summed E-state index contributed by atoms with van der Waals surface area (Å²) in [6.07, 6.45) is 0.534. The molecular formula is C19H24N2O4. The summed E-state index contributed by atoms with van der Waals surface area (Å²) in [5.74, 6) is 0.824. The minimum absolute atomic E-state index is 0.0566. The highest BCUT2D eigenvalue weighted by Crippen LogP contribution is 2.12. The van der Waals surface area contributed by atoms with E-state index in [0.29, 0.717) is 38.5 Å². The van der Waals surface area contributed by atoms with E-state index in [1.165, 1.54) is 0 Å². The third-order valence-corrected chi connectivity index (χ3v) is 3.31. The van der Waals surface area contributed by atoms with Crippen molar-refractivity contribution < 1.29 is 19.4 Å². The lowest BCUT2D eigenvalue weighted by atomic mass is 10.2. The molecule has 2 aromatic carbocycles. The first-order valence-corrected chi connectivity index (χ1v) is 8.28. The number of urea groups is 1. The summed E-state index contributed by atoms with van der Waals surface area (Å²) < 4.78 is 11.2. The number of ether oxygens (including phenoxy) is 2. The number of aliphatic hydroxyl groups is 1. The second-order valence-corrected chi connectivity index (χ2v) is 5.37. The van der Waals surface area contributed by atoms with Crippen LogP contribution in [-0.4, -0.2) is 37.5 Å². The predicted octanol–water partition coefficient (Wildman–Crippen LogP) is 2.79. The van der Waals surface area contributed by atoms with Crippen molar-refractivity contribution in [2.24, 2.45) is 0 Å². The molecule has 6 nitrogen and oxygen atoms in total. The van der Waals surface area contributed by atoms with Crippen LogP contribution in [0.4, 0.5) is 10.5 Å². The maximum Gasteiger partial charge on any atom is 0.319 e. The molecule has 2 aromatic rings. The number of nitrogens with one attached hydrogen (secondary N) is 2. The Balaban J connectivity index is 1.67. The molecule has 0 bridgehead atoms. The Kier molecular flexibility index (Phi) is 8.31. The first kappa shape index (κ1) is 18.8. The van der Waals surface area contributed by atoms with Crippen LogP contribution in [0.2, 0.25) is 0 Å². The SMILES string of the molecule is O=C(NCCCO)Nc1cccc(COCCOc2ccccc2)c1. The van der Waals surface area contributed by atoms with E-state index in [1.54, 1.807) is 0 Å². The van der Waals surface area contributed by atoms with Gasteiger partial charge in [0.25, 0.3) is 0 Å². The van der Waals surface area contributed by atoms with Crippen LogP contribution in [0, 0.1) is 0 Å². The Hall–Kier alpha value is -2.57. The number of anilines is 1. The normalized spacial score (nSPS) is 10.3. The van der Waals surface area contributed by atoms with Gasteiger partial charge in [-0.15, -0.1) is 0 Å². The molecule has 0 fully saturated rings. The number of benzene rings is 2. The number of amides is 2. The highest BCUT2D eigenvalue weighted by Gasteiger charge is 2.02. The van der Waals surface area contributed by atoms with Crippen LogP contribution in [-0.2, 0) is 11.3 Å². The third-order valence-electron chi connectivity index (χ3n) is 3.31. The van der Waals surface area contributed by atoms with Gasteiger partial charge in [0.1, 0.15) is 12.4 Å². The standard InChI is InChI=1S/C19H24N2O4/c22-11-5-10-20-19(23)21-17-7-4-6-16(14-17)15-24-12-13-25-18-8-2-1-3-9-18/h1-4,6-9,14,22H,5,10-13,15H2,(H2,20,21,23). The maximum atomic E-state index is 11.7. The number of carbonyl (C=O) groups excluding carboxylic acids is 1. The first-order valence-electron chi connectivity index (χ1n) is 8.28. The van der Waals surface area contributed by atoms with E-state index in [2.05, 4.69) is 10.6 Å². The second-order valence-electron chi connectivity index (χ2n) is 5.37. The van der Waals surface area contributed by atoms with Crippen molar-refractivity contribution in [3.63, 3.8) is 0 Å². The summed E-state index contributed by atoms with van der Waals surface area (Å²) in [5, 5.41) is 14.1. The van der Waals surface area contributed by atoms with Gasteiger partial charge in [-0.2, -0.15) is 0 Å². The fraction of sp³-hybridized carbons (Fsp3) is 0.316. The third kappa shape index (κ3) is 7.69. The zero-order valence-electron chi connectivity index (χ0n) is 14.1. The van der Waals surface area contributed by atoms with E-state index >= 15 is 0 Å². The van der Waals surface area contributed by atoms with Gasteiger partial charge in [0.05, 0.1) is 13.2 Å². The van der Waals surface area contributed by atoms with E-state index < -0.39 is 0 Å². The molecule has 2 amide bonds. The van der Waals surface area contributed by atoms with Gasteiger partial charge in [0.2, 0.25) is 0 Å². The molecule has 0 aromatic heterocycles. The average molecular weight is 344 g/mol. The largest absolute Gasteiger partial charge is 0.491 e. The van der Waals surface area contributed by atoms with Crippen molar-refractivity contribution in [1.29, 1.82) is 0 Å². The minimum Gasteiger partial charge on any atom is -0.491 e. The molecule has 0 unspecified atom stereocenters. The average Bonchev–Trinajstić information content (AvgIpc) is 2.63.